The molecule has 4 heteroatoms. The van der Waals surface area contributed by atoms with Crippen LogP contribution in [0.25, 0.3) is 0 Å². The van der Waals surface area contributed by atoms with Crippen molar-refractivity contribution in [3.63, 3.8) is 0 Å². The largest absolute Gasteiger partial charge is 0.380 e. The summed E-state index contributed by atoms with van der Waals surface area (Å²) in [6, 6.07) is 13.5. The molecule has 88 valence electrons. The van der Waals surface area contributed by atoms with E-state index in [-0.39, 0.29) is 0 Å². The van der Waals surface area contributed by atoms with Gasteiger partial charge in [0.15, 0.2) is 0 Å². The SMILES string of the molecule is Clc1cc(Br)ccc1CNc1ccccc1Cl. The highest BCUT2D eigenvalue weighted by Gasteiger charge is 2.02. The lowest BCUT2D eigenvalue weighted by Crippen LogP contribution is -2.00. The van der Waals surface area contributed by atoms with Gasteiger partial charge in [0.05, 0.1) is 10.7 Å². The van der Waals surface area contributed by atoms with Gasteiger partial charge in [0.25, 0.3) is 0 Å². The minimum Gasteiger partial charge on any atom is -0.380 e. The van der Waals surface area contributed by atoms with Crippen molar-refractivity contribution in [2.45, 2.75) is 6.54 Å². The number of hydrogen-bond acceptors (Lipinski definition) is 1. The van der Waals surface area contributed by atoms with E-state index >= 15 is 0 Å². The van der Waals surface area contributed by atoms with Crippen molar-refractivity contribution in [3.05, 3.63) is 62.5 Å². The van der Waals surface area contributed by atoms with Crippen molar-refractivity contribution in [2.75, 3.05) is 5.32 Å². The van der Waals surface area contributed by atoms with Crippen molar-refractivity contribution in [1.29, 1.82) is 0 Å². The Kier molecular flexibility index (Phi) is 4.32. The average Bonchev–Trinajstić information content (AvgIpc) is 2.30. The molecule has 0 heterocycles. The lowest BCUT2D eigenvalue weighted by Gasteiger charge is -2.09. The first-order valence-electron chi connectivity index (χ1n) is 5.09. The molecule has 0 fully saturated rings. The normalized spacial score (nSPS) is 10.3. The number of rotatable bonds is 3. The second kappa shape index (κ2) is 5.76. The quantitative estimate of drug-likeness (QED) is 0.797. The Hall–Kier alpha value is -0.700. The van der Waals surface area contributed by atoms with Gasteiger partial charge >= 0.3 is 0 Å². The van der Waals surface area contributed by atoms with Crippen LogP contribution in [0.2, 0.25) is 10.0 Å². The van der Waals surface area contributed by atoms with Crippen LogP contribution in [0.15, 0.2) is 46.9 Å². The number of nitrogens with one attached hydrogen (secondary N) is 1. The van der Waals surface area contributed by atoms with Gasteiger partial charge in [0.2, 0.25) is 0 Å². The molecule has 17 heavy (non-hydrogen) atoms. The molecule has 0 saturated heterocycles. The van der Waals surface area contributed by atoms with Crippen molar-refractivity contribution in [3.8, 4) is 0 Å². The van der Waals surface area contributed by atoms with E-state index in [9.17, 15) is 0 Å². The summed E-state index contributed by atoms with van der Waals surface area (Å²) in [5, 5.41) is 4.70. The van der Waals surface area contributed by atoms with Crippen LogP contribution in [0.4, 0.5) is 5.69 Å². The first-order chi connectivity index (χ1) is 8.16. The Bertz CT molecular complexity index is 529. The fourth-order valence-corrected chi connectivity index (χ4v) is 2.40. The molecule has 2 aromatic rings. The average molecular weight is 331 g/mol. The predicted octanol–water partition coefficient (Wildman–Crippen LogP) is 5.37. The highest BCUT2D eigenvalue weighted by Crippen LogP contribution is 2.24. The smallest absolute Gasteiger partial charge is 0.0637 e. The summed E-state index contributed by atoms with van der Waals surface area (Å²) in [5.41, 5.74) is 1.95. The maximum atomic E-state index is 6.13. The maximum Gasteiger partial charge on any atom is 0.0637 e. The van der Waals surface area contributed by atoms with Gasteiger partial charge in [0.1, 0.15) is 0 Å². The fraction of sp³-hybridized carbons (Fsp3) is 0.0769. The fourth-order valence-electron chi connectivity index (χ4n) is 1.46. The van der Waals surface area contributed by atoms with E-state index < -0.39 is 0 Å². The molecule has 0 bridgehead atoms. The molecule has 0 aromatic heterocycles. The molecule has 1 N–H and O–H groups in total. The first kappa shape index (κ1) is 12.7. The number of para-hydroxylation sites is 1. The van der Waals surface area contributed by atoms with Gasteiger partial charge in [-0.2, -0.15) is 0 Å². The highest BCUT2D eigenvalue weighted by atomic mass is 79.9. The summed E-state index contributed by atoms with van der Waals surface area (Å²) in [5.74, 6) is 0. The second-order valence-electron chi connectivity index (χ2n) is 3.57. The minimum absolute atomic E-state index is 0.649. The Balaban J connectivity index is 2.10. The third-order valence-electron chi connectivity index (χ3n) is 2.36. The van der Waals surface area contributed by atoms with Crippen molar-refractivity contribution >= 4 is 44.8 Å². The van der Waals surface area contributed by atoms with Crippen molar-refractivity contribution < 1.29 is 0 Å². The van der Waals surface area contributed by atoms with E-state index in [0.717, 1.165) is 20.7 Å². The molecule has 0 atom stereocenters. The number of hydrogen-bond donors (Lipinski definition) is 1. The van der Waals surface area contributed by atoms with E-state index in [4.69, 9.17) is 23.2 Å². The van der Waals surface area contributed by atoms with E-state index in [1.807, 2.05) is 42.5 Å². The van der Waals surface area contributed by atoms with Gasteiger partial charge in [-0.1, -0.05) is 57.3 Å². The monoisotopic (exact) mass is 329 g/mol. The molecule has 0 spiro atoms. The van der Waals surface area contributed by atoms with Crippen LogP contribution in [-0.4, -0.2) is 0 Å². The number of anilines is 1. The molecule has 1 nitrogen and oxygen atoms in total. The zero-order valence-corrected chi connectivity index (χ0v) is 12.0. The maximum absolute atomic E-state index is 6.13. The predicted molar refractivity (Wildman–Crippen MR) is 77.9 cm³/mol. The summed E-state index contributed by atoms with van der Waals surface area (Å²) < 4.78 is 0.976. The van der Waals surface area contributed by atoms with Crippen LogP contribution in [0.3, 0.4) is 0 Å². The van der Waals surface area contributed by atoms with Crippen LogP contribution < -0.4 is 5.32 Å². The van der Waals surface area contributed by atoms with Gasteiger partial charge in [-0.05, 0) is 29.8 Å². The van der Waals surface area contributed by atoms with Crippen LogP contribution in [0.5, 0.6) is 0 Å². The molecule has 0 amide bonds. The standard InChI is InChI=1S/C13H10BrCl2N/c14-10-6-5-9(12(16)7-10)8-17-13-4-2-1-3-11(13)15/h1-7,17H,8H2. The Labute approximate surface area is 119 Å². The van der Waals surface area contributed by atoms with Crippen molar-refractivity contribution in [2.24, 2.45) is 0 Å². The molecule has 0 saturated carbocycles. The van der Waals surface area contributed by atoms with Crippen LogP contribution in [0.1, 0.15) is 5.56 Å². The summed E-state index contributed by atoms with van der Waals surface area (Å²) in [4.78, 5) is 0. The summed E-state index contributed by atoms with van der Waals surface area (Å²) in [6.45, 7) is 0.649. The third kappa shape index (κ3) is 3.38. The Morgan fingerprint density at radius 3 is 2.47 bits per heavy atom. The minimum atomic E-state index is 0.649. The topological polar surface area (TPSA) is 12.0 Å². The molecule has 2 aromatic carbocycles. The van der Waals surface area contributed by atoms with Gasteiger partial charge in [-0.15, -0.1) is 0 Å². The lowest BCUT2D eigenvalue weighted by atomic mass is 10.2. The van der Waals surface area contributed by atoms with E-state index in [2.05, 4.69) is 21.2 Å². The highest BCUT2D eigenvalue weighted by molar-refractivity contribution is 9.10. The van der Waals surface area contributed by atoms with Crippen LogP contribution in [-0.2, 0) is 6.54 Å². The summed E-state index contributed by atoms with van der Waals surface area (Å²) in [6.07, 6.45) is 0. The Morgan fingerprint density at radius 1 is 1.00 bits per heavy atom. The molecular formula is C13H10BrCl2N. The zero-order valence-electron chi connectivity index (χ0n) is 8.88. The molecule has 0 aliphatic rings. The second-order valence-corrected chi connectivity index (χ2v) is 5.30. The van der Waals surface area contributed by atoms with Crippen LogP contribution >= 0.6 is 39.1 Å². The summed E-state index contributed by atoms with van der Waals surface area (Å²) >= 11 is 15.6. The molecule has 0 aliphatic carbocycles. The zero-order chi connectivity index (χ0) is 12.3. The lowest BCUT2D eigenvalue weighted by molar-refractivity contribution is 1.15. The number of benzene rings is 2. The van der Waals surface area contributed by atoms with Gasteiger partial charge in [-0.25, -0.2) is 0 Å². The first-order valence-corrected chi connectivity index (χ1v) is 6.64. The molecule has 0 aliphatic heterocycles. The third-order valence-corrected chi connectivity index (χ3v) is 3.53. The van der Waals surface area contributed by atoms with Gasteiger partial charge in [0, 0.05) is 16.0 Å². The van der Waals surface area contributed by atoms with Gasteiger partial charge < -0.3 is 5.32 Å². The molecule has 0 unspecified atom stereocenters. The summed E-state index contributed by atoms with van der Waals surface area (Å²) in [7, 11) is 0. The molecule has 0 radical (unpaired) electrons. The number of halogens is 3. The van der Waals surface area contributed by atoms with Crippen LogP contribution in [0, 0.1) is 0 Å². The van der Waals surface area contributed by atoms with E-state index in [1.165, 1.54) is 0 Å². The van der Waals surface area contributed by atoms with E-state index in [1.54, 1.807) is 0 Å². The van der Waals surface area contributed by atoms with Gasteiger partial charge in [-0.3, -0.25) is 0 Å². The van der Waals surface area contributed by atoms with Crippen molar-refractivity contribution in [1.82, 2.24) is 0 Å². The molecular weight excluding hydrogens is 321 g/mol. The Morgan fingerprint density at radius 2 is 1.76 bits per heavy atom. The van der Waals surface area contributed by atoms with E-state index in [0.29, 0.717) is 11.6 Å². The molecule has 2 rings (SSSR count).